The van der Waals surface area contributed by atoms with E-state index in [1.165, 1.54) is 0 Å². The number of hydrogen-bond donors (Lipinski definition) is 2. The van der Waals surface area contributed by atoms with Crippen LogP contribution < -0.4 is 11.3 Å². The van der Waals surface area contributed by atoms with Crippen molar-refractivity contribution in [3.8, 4) is 0 Å². The molecule has 0 aliphatic carbocycles. The zero-order valence-electron chi connectivity index (χ0n) is 10.4. The number of aromatic nitrogens is 2. The van der Waals surface area contributed by atoms with Gasteiger partial charge in [-0.25, -0.2) is 5.43 Å². The molecule has 5 nitrogen and oxygen atoms in total. The van der Waals surface area contributed by atoms with Crippen LogP contribution in [-0.2, 0) is 6.42 Å². The molecule has 0 aliphatic heterocycles. The van der Waals surface area contributed by atoms with E-state index >= 15 is 0 Å². The molecule has 98 valence electrons. The summed E-state index contributed by atoms with van der Waals surface area (Å²) >= 11 is 3.28. The Labute approximate surface area is 114 Å². The maximum Gasteiger partial charge on any atom is 0.169 e. The molecule has 0 radical (unpaired) electrons. The summed E-state index contributed by atoms with van der Waals surface area (Å²) < 4.78 is 8.13. The summed E-state index contributed by atoms with van der Waals surface area (Å²) in [5.41, 5.74) is 3.74. The third kappa shape index (κ3) is 3.01. The molecule has 3 N–H and O–H groups in total. The molecule has 0 aromatic carbocycles. The lowest BCUT2D eigenvalue weighted by Gasteiger charge is -2.11. The molecule has 0 saturated carbocycles. The van der Waals surface area contributed by atoms with Crippen molar-refractivity contribution >= 4 is 15.9 Å². The van der Waals surface area contributed by atoms with Gasteiger partial charge in [-0.1, -0.05) is 0 Å². The van der Waals surface area contributed by atoms with Crippen LogP contribution in [0, 0.1) is 0 Å². The Morgan fingerprint density at radius 3 is 2.72 bits per heavy atom. The highest BCUT2D eigenvalue weighted by molar-refractivity contribution is 9.10. The van der Waals surface area contributed by atoms with E-state index in [9.17, 15) is 0 Å². The van der Waals surface area contributed by atoms with Gasteiger partial charge in [0.15, 0.2) is 4.67 Å². The summed E-state index contributed by atoms with van der Waals surface area (Å²) in [4.78, 5) is 0. The van der Waals surface area contributed by atoms with E-state index < -0.39 is 0 Å². The van der Waals surface area contributed by atoms with Crippen LogP contribution >= 0.6 is 15.9 Å². The van der Waals surface area contributed by atoms with Gasteiger partial charge in [0.25, 0.3) is 0 Å². The van der Waals surface area contributed by atoms with Crippen molar-refractivity contribution in [1.29, 1.82) is 0 Å². The summed E-state index contributed by atoms with van der Waals surface area (Å²) in [6.45, 7) is 4.19. The number of halogens is 1. The fraction of sp³-hybridized carbons (Fsp3) is 0.417. The molecule has 0 bridgehead atoms. The molecular weight excluding hydrogens is 296 g/mol. The fourth-order valence-corrected chi connectivity index (χ4v) is 2.06. The molecule has 2 rings (SSSR count). The van der Waals surface area contributed by atoms with E-state index in [2.05, 4.69) is 40.3 Å². The number of nitrogens with one attached hydrogen (secondary N) is 1. The predicted molar refractivity (Wildman–Crippen MR) is 72.8 cm³/mol. The van der Waals surface area contributed by atoms with Gasteiger partial charge in [0, 0.05) is 18.7 Å². The minimum absolute atomic E-state index is 0.0770. The molecule has 2 aromatic rings. The molecule has 0 spiro atoms. The van der Waals surface area contributed by atoms with Gasteiger partial charge in [0.1, 0.15) is 5.76 Å². The van der Waals surface area contributed by atoms with Crippen LogP contribution in [0.3, 0.4) is 0 Å². The van der Waals surface area contributed by atoms with Crippen molar-refractivity contribution in [2.75, 3.05) is 0 Å². The van der Waals surface area contributed by atoms with Gasteiger partial charge in [0.2, 0.25) is 0 Å². The van der Waals surface area contributed by atoms with E-state index in [0.717, 1.165) is 11.5 Å². The molecular formula is C12H17BrN4O. The normalized spacial score (nSPS) is 13.2. The molecule has 1 unspecified atom stereocenters. The Hall–Kier alpha value is -1.11. The number of nitrogens with zero attached hydrogens (tertiary/aromatic N) is 2. The first-order valence-corrected chi connectivity index (χ1v) is 6.65. The Bertz CT molecular complexity index is 506. The van der Waals surface area contributed by atoms with E-state index in [4.69, 9.17) is 10.3 Å². The Morgan fingerprint density at radius 2 is 2.22 bits per heavy atom. The van der Waals surface area contributed by atoms with Gasteiger partial charge >= 0.3 is 0 Å². The first-order valence-electron chi connectivity index (χ1n) is 5.85. The molecule has 18 heavy (non-hydrogen) atoms. The molecule has 0 fully saturated rings. The average Bonchev–Trinajstić information content (AvgIpc) is 2.94. The largest absolute Gasteiger partial charge is 0.453 e. The standard InChI is InChI=1S/C12H17BrN4O/c1-8(2)17-6-5-9(16-17)7-10(15-14)11-3-4-12(13)18-11/h3-6,8,10,15H,7,14H2,1-2H3. The van der Waals surface area contributed by atoms with Crippen LogP contribution in [0.5, 0.6) is 0 Å². The summed E-state index contributed by atoms with van der Waals surface area (Å²) in [5, 5.41) is 4.50. The van der Waals surface area contributed by atoms with Crippen LogP contribution in [0.1, 0.15) is 37.4 Å². The van der Waals surface area contributed by atoms with E-state index in [1.807, 2.05) is 29.1 Å². The van der Waals surface area contributed by atoms with E-state index in [-0.39, 0.29) is 6.04 Å². The van der Waals surface area contributed by atoms with E-state index in [0.29, 0.717) is 17.1 Å². The maximum atomic E-state index is 5.57. The van der Waals surface area contributed by atoms with Gasteiger partial charge in [-0.3, -0.25) is 10.5 Å². The van der Waals surface area contributed by atoms with Crippen LogP contribution in [0.25, 0.3) is 0 Å². The van der Waals surface area contributed by atoms with Crippen LogP contribution in [0.4, 0.5) is 0 Å². The highest BCUT2D eigenvalue weighted by Crippen LogP contribution is 2.22. The minimum Gasteiger partial charge on any atom is -0.453 e. The lowest BCUT2D eigenvalue weighted by atomic mass is 10.1. The fourth-order valence-electron chi connectivity index (χ4n) is 1.74. The number of hydrogen-bond acceptors (Lipinski definition) is 4. The van der Waals surface area contributed by atoms with Crippen molar-refractivity contribution in [2.24, 2.45) is 5.84 Å². The Kier molecular flexibility index (Phi) is 4.21. The summed E-state index contributed by atoms with van der Waals surface area (Å²) in [6.07, 6.45) is 2.67. The monoisotopic (exact) mass is 312 g/mol. The first kappa shape index (κ1) is 13.3. The number of nitrogens with two attached hydrogens (primary N) is 1. The quantitative estimate of drug-likeness (QED) is 0.657. The predicted octanol–water partition coefficient (Wildman–Crippen LogP) is 2.57. The van der Waals surface area contributed by atoms with Gasteiger partial charge in [-0.05, 0) is 48.0 Å². The highest BCUT2D eigenvalue weighted by atomic mass is 79.9. The van der Waals surface area contributed by atoms with Crippen LogP contribution in [0.2, 0.25) is 0 Å². The third-order valence-electron chi connectivity index (χ3n) is 2.74. The highest BCUT2D eigenvalue weighted by Gasteiger charge is 2.16. The number of hydrazine groups is 1. The first-order chi connectivity index (χ1) is 8.60. The molecule has 0 amide bonds. The molecule has 6 heteroatoms. The second-order valence-electron chi connectivity index (χ2n) is 4.45. The molecule has 2 heterocycles. The summed E-state index contributed by atoms with van der Waals surface area (Å²) in [7, 11) is 0. The lowest BCUT2D eigenvalue weighted by molar-refractivity contribution is 0.401. The van der Waals surface area contributed by atoms with Crippen molar-refractivity contribution in [3.63, 3.8) is 0 Å². The maximum absolute atomic E-state index is 5.57. The zero-order chi connectivity index (χ0) is 13.1. The van der Waals surface area contributed by atoms with Crippen molar-refractivity contribution < 1.29 is 4.42 Å². The topological polar surface area (TPSA) is 69.0 Å². The molecule has 0 aliphatic rings. The van der Waals surface area contributed by atoms with Gasteiger partial charge in [-0.15, -0.1) is 0 Å². The van der Waals surface area contributed by atoms with Gasteiger partial charge in [-0.2, -0.15) is 5.10 Å². The summed E-state index contributed by atoms with van der Waals surface area (Å²) in [6, 6.07) is 6.04. The Balaban J connectivity index is 2.10. The smallest absolute Gasteiger partial charge is 0.169 e. The summed E-state index contributed by atoms with van der Waals surface area (Å²) in [5.74, 6) is 6.36. The number of rotatable bonds is 5. The third-order valence-corrected chi connectivity index (χ3v) is 3.17. The van der Waals surface area contributed by atoms with Gasteiger partial charge < -0.3 is 4.42 Å². The molecule has 1 atom stereocenters. The van der Waals surface area contributed by atoms with Crippen LogP contribution in [-0.4, -0.2) is 9.78 Å². The number of furan rings is 1. The van der Waals surface area contributed by atoms with Crippen molar-refractivity contribution in [2.45, 2.75) is 32.4 Å². The second-order valence-corrected chi connectivity index (χ2v) is 5.23. The van der Waals surface area contributed by atoms with Crippen molar-refractivity contribution in [3.05, 3.63) is 40.5 Å². The van der Waals surface area contributed by atoms with Crippen molar-refractivity contribution in [1.82, 2.24) is 15.2 Å². The lowest BCUT2D eigenvalue weighted by Crippen LogP contribution is -2.29. The zero-order valence-corrected chi connectivity index (χ0v) is 12.0. The van der Waals surface area contributed by atoms with E-state index in [1.54, 1.807) is 0 Å². The second kappa shape index (κ2) is 5.69. The molecule has 2 aromatic heterocycles. The average molecular weight is 313 g/mol. The minimum atomic E-state index is -0.0770. The SMILES string of the molecule is CC(C)n1ccc(CC(NN)c2ccc(Br)o2)n1. The van der Waals surface area contributed by atoms with Gasteiger partial charge in [0.05, 0.1) is 11.7 Å². The Morgan fingerprint density at radius 1 is 1.44 bits per heavy atom. The molecule has 0 saturated heterocycles. The van der Waals surface area contributed by atoms with Crippen LogP contribution in [0.15, 0.2) is 33.5 Å².